The Hall–Kier alpha value is -1.30. The molecule has 1 unspecified atom stereocenters. The van der Waals surface area contributed by atoms with Gasteiger partial charge in [0.15, 0.2) is 0 Å². The molecule has 0 aromatic rings. The number of rotatable bonds is 5. The molecule has 6 heteroatoms. The Labute approximate surface area is 112 Å². The van der Waals surface area contributed by atoms with Gasteiger partial charge in [-0.1, -0.05) is 0 Å². The molecule has 2 fully saturated rings. The van der Waals surface area contributed by atoms with Gasteiger partial charge in [-0.3, -0.25) is 4.79 Å². The molecule has 19 heavy (non-hydrogen) atoms. The first-order valence-corrected chi connectivity index (χ1v) is 6.85. The third kappa shape index (κ3) is 3.59. The first-order chi connectivity index (χ1) is 8.93. The Morgan fingerprint density at radius 1 is 1.26 bits per heavy atom. The minimum Gasteiger partial charge on any atom is -0.481 e. The summed E-state index contributed by atoms with van der Waals surface area (Å²) < 4.78 is 5.59. The Balaban J connectivity index is 1.78. The molecule has 2 amide bonds. The van der Waals surface area contributed by atoms with E-state index < -0.39 is 11.5 Å². The fourth-order valence-corrected chi connectivity index (χ4v) is 2.77. The van der Waals surface area contributed by atoms with E-state index in [2.05, 4.69) is 10.6 Å². The summed E-state index contributed by atoms with van der Waals surface area (Å²) in [5.41, 5.74) is -0.829. The van der Waals surface area contributed by atoms with Gasteiger partial charge in [0.2, 0.25) is 0 Å². The average Bonchev–Trinajstić information content (AvgIpc) is 2.71. The van der Waals surface area contributed by atoms with Gasteiger partial charge in [-0.15, -0.1) is 0 Å². The Kier molecular flexibility index (Phi) is 3.99. The lowest BCUT2D eigenvalue weighted by atomic mass is 9.74. The van der Waals surface area contributed by atoms with Gasteiger partial charge in [-0.2, -0.15) is 0 Å². The highest BCUT2D eigenvalue weighted by molar-refractivity contribution is 5.77. The molecule has 1 aliphatic heterocycles. The van der Waals surface area contributed by atoms with Crippen LogP contribution in [0.15, 0.2) is 0 Å². The van der Waals surface area contributed by atoms with Gasteiger partial charge in [0.05, 0.1) is 17.6 Å². The van der Waals surface area contributed by atoms with Crippen LogP contribution in [0.4, 0.5) is 4.79 Å². The minimum absolute atomic E-state index is 0.00577. The summed E-state index contributed by atoms with van der Waals surface area (Å²) >= 11 is 0. The molecular formula is C13H22N2O4. The summed E-state index contributed by atoms with van der Waals surface area (Å²) in [6.07, 6.45) is 4.39. The summed E-state index contributed by atoms with van der Waals surface area (Å²) in [5, 5.41) is 14.5. The van der Waals surface area contributed by atoms with E-state index >= 15 is 0 Å². The topological polar surface area (TPSA) is 87.7 Å². The summed E-state index contributed by atoms with van der Waals surface area (Å²) in [7, 11) is 0. The maximum Gasteiger partial charge on any atom is 0.315 e. The van der Waals surface area contributed by atoms with Gasteiger partial charge in [-0.25, -0.2) is 4.79 Å². The van der Waals surface area contributed by atoms with Crippen molar-refractivity contribution in [2.75, 3.05) is 13.2 Å². The lowest BCUT2D eigenvalue weighted by Crippen LogP contribution is -2.58. The number of carbonyl (C=O) groups is 2. The average molecular weight is 270 g/mol. The summed E-state index contributed by atoms with van der Waals surface area (Å²) in [4.78, 5) is 22.7. The zero-order chi connectivity index (χ0) is 13.9. The number of aliphatic carboxylic acids is 1. The van der Waals surface area contributed by atoms with Crippen LogP contribution in [0.2, 0.25) is 0 Å². The molecule has 1 heterocycles. The molecule has 0 aromatic heterocycles. The molecule has 6 nitrogen and oxygen atoms in total. The lowest BCUT2D eigenvalue weighted by Gasteiger charge is -2.41. The molecule has 1 atom stereocenters. The highest BCUT2D eigenvalue weighted by Crippen LogP contribution is 2.34. The number of carboxylic acid groups (broad SMARTS) is 1. The predicted octanol–water partition coefficient (Wildman–Crippen LogP) is 1.25. The second-order valence-electron chi connectivity index (χ2n) is 5.91. The molecule has 3 N–H and O–H groups in total. The van der Waals surface area contributed by atoms with Crippen molar-refractivity contribution >= 4 is 12.0 Å². The van der Waals surface area contributed by atoms with Gasteiger partial charge in [0.1, 0.15) is 0 Å². The third-order valence-corrected chi connectivity index (χ3v) is 4.10. The second kappa shape index (κ2) is 5.36. The van der Waals surface area contributed by atoms with Crippen molar-refractivity contribution in [3.05, 3.63) is 0 Å². The highest BCUT2D eigenvalue weighted by Gasteiger charge is 2.40. The van der Waals surface area contributed by atoms with Crippen LogP contribution in [0.1, 0.15) is 45.4 Å². The quantitative estimate of drug-likeness (QED) is 0.701. The molecule has 0 radical (unpaired) electrons. The van der Waals surface area contributed by atoms with E-state index in [1.54, 1.807) is 0 Å². The zero-order valence-corrected chi connectivity index (χ0v) is 11.3. The Bertz CT molecular complexity index is 360. The van der Waals surface area contributed by atoms with Crippen LogP contribution in [0.25, 0.3) is 0 Å². The maximum atomic E-state index is 11.9. The van der Waals surface area contributed by atoms with E-state index in [4.69, 9.17) is 9.84 Å². The van der Waals surface area contributed by atoms with Gasteiger partial charge in [0.25, 0.3) is 0 Å². The summed E-state index contributed by atoms with van der Waals surface area (Å²) in [6.45, 7) is 3.18. The van der Waals surface area contributed by atoms with Crippen LogP contribution in [-0.2, 0) is 9.53 Å². The molecule has 1 aliphatic carbocycles. The lowest BCUT2D eigenvalue weighted by molar-refractivity contribution is -0.139. The molecule has 1 saturated heterocycles. The standard InChI is InChI=1S/C13H22N2O4/c1-12(4-3-7-19-12)9-14-11(18)15-13(5-2-6-13)8-10(16)17/h2-9H2,1H3,(H,16,17)(H2,14,15,18). The van der Waals surface area contributed by atoms with E-state index in [0.717, 1.165) is 38.7 Å². The molecule has 2 rings (SSSR count). The van der Waals surface area contributed by atoms with E-state index in [1.165, 1.54) is 0 Å². The van der Waals surface area contributed by atoms with Crippen LogP contribution in [0.5, 0.6) is 0 Å². The van der Waals surface area contributed by atoms with Gasteiger partial charge in [0, 0.05) is 13.2 Å². The first-order valence-electron chi connectivity index (χ1n) is 6.85. The van der Waals surface area contributed by atoms with E-state index in [1.807, 2.05) is 6.92 Å². The van der Waals surface area contributed by atoms with E-state index in [9.17, 15) is 9.59 Å². The van der Waals surface area contributed by atoms with Crippen molar-refractivity contribution in [3.63, 3.8) is 0 Å². The fourth-order valence-electron chi connectivity index (χ4n) is 2.77. The predicted molar refractivity (Wildman–Crippen MR) is 69.0 cm³/mol. The monoisotopic (exact) mass is 270 g/mol. The molecule has 2 aliphatic rings. The van der Waals surface area contributed by atoms with Crippen LogP contribution in [-0.4, -0.2) is 41.4 Å². The highest BCUT2D eigenvalue weighted by atomic mass is 16.5. The fraction of sp³-hybridized carbons (Fsp3) is 0.846. The van der Waals surface area contributed by atoms with Crippen molar-refractivity contribution < 1.29 is 19.4 Å². The van der Waals surface area contributed by atoms with Gasteiger partial charge in [-0.05, 0) is 39.0 Å². The molecule has 0 aromatic carbocycles. The summed E-state index contributed by atoms with van der Waals surface area (Å²) in [5.74, 6) is -0.869. The number of hydrogen-bond acceptors (Lipinski definition) is 3. The SMILES string of the molecule is CC1(CNC(=O)NC2(CC(=O)O)CCC2)CCCO1. The van der Waals surface area contributed by atoms with Gasteiger partial charge < -0.3 is 20.5 Å². The van der Waals surface area contributed by atoms with Crippen molar-refractivity contribution in [2.24, 2.45) is 0 Å². The van der Waals surface area contributed by atoms with Crippen molar-refractivity contribution in [3.8, 4) is 0 Å². The maximum absolute atomic E-state index is 11.9. The molecule has 0 spiro atoms. The normalized spacial score (nSPS) is 28.5. The molecular weight excluding hydrogens is 248 g/mol. The second-order valence-corrected chi connectivity index (χ2v) is 5.91. The summed E-state index contributed by atoms with van der Waals surface area (Å²) in [6, 6.07) is -0.294. The van der Waals surface area contributed by atoms with Crippen LogP contribution >= 0.6 is 0 Å². The minimum atomic E-state index is -0.869. The number of urea groups is 1. The third-order valence-electron chi connectivity index (χ3n) is 4.10. The van der Waals surface area contributed by atoms with Crippen molar-refractivity contribution in [2.45, 2.75) is 56.6 Å². The number of nitrogens with one attached hydrogen (secondary N) is 2. The van der Waals surface area contributed by atoms with Gasteiger partial charge >= 0.3 is 12.0 Å². The zero-order valence-electron chi connectivity index (χ0n) is 11.3. The smallest absolute Gasteiger partial charge is 0.315 e. The number of carbonyl (C=O) groups excluding carboxylic acids is 1. The number of hydrogen-bond donors (Lipinski definition) is 3. The molecule has 1 saturated carbocycles. The number of ether oxygens (including phenoxy) is 1. The molecule has 108 valence electrons. The first kappa shape index (κ1) is 14.1. The van der Waals surface area contributed by atoms with Crippen LogP contribution in [0.3, 0.4) is 0 Å². The number of carboxylic acids is 1. The van der Waals surface area contributed by atoms with E-state index in [0.29, 0.717) is 6.54 Å². The Morgan fingerprint density at radius 2 is 2.00 bits per heavy atom. The van der Waals surface area contributed by atoms with Crippen LogP contribution < -0.4 is 10.6 Å². The van der Waals surface area contributed by atoms with Crippen LogP contribution in [0, 0.1) is 0 Å². The largest absolute Gasteiger partial charge is 0.481 e. The van der Waals surface area contributed by atoms with Crippen molar-refractivity contribution in [1.29, 1.82) is 0 Å². The molecule has 0 bridgehead atoms. The van der Waals surface area contributed by atoms with Crippen molar-refractivity contribution in [1.82, 2.24) is 10.6 Å². The number of amides is 2. The van der Waals surface area contributed by atoms with E-state index in [-0.39, 0.29) is 18.1 Å². The Morgan fingerprint density at radius 3 is 2.47 bits per heavy atom.